The van der Waals surface area contributed by atoms with Gasteiger partial charge in [0.1, 0.15) is 6.04 Å². The molecule has 15 heavy (non-hydrogen) atoms. The van der Waals surface area contributed by atoms with Crippen molar-refractivity contribution in [2.24, 2.45) is 0 Å². The Balaban J connectivity index is 2.12. The fourth-order valence-corrected chi connectivity index (χ4v) is 1.59. The van der Waals surface area contributed by atoms with Gasteiger partial charge in [0.15, 0.2) is 0 Å². The average Bonchev–Trinajstić information content (AvgIpc) is 2.24. The molecule has 1 aromatic carbocycles. The summed E-state index contributed by atoms with van der Waals surface area (Å²) < 4.78 is 4.91. The number of β-lactam (4-membered cyclic amide) rings is 1. The van der Waals surface area contributed by atoms with Gasteiger partial charge in [-0.2, -0.15) is 0 Å². The van der Waals surface area contributed by atoms with E-state index >= 15 is 0 Å². The quantitative estimate of drug-likeness (QED) is 0.573. The molecule has 4 nitrogen and oxygen atoms in total. The molecule has 1 heterocycles. The predicted molar refractivity (Wildman–Crippen MR) is 52.9 cm³/mol. The standard InChI is InChI=1S/C11H11NO3/c1-7(13)15-10-9(12-11(10)14)8-5-3-2-4-6-8/h2-6,9-10H,1H3,(H,12,14)/t9-,10+/m1/s1. The van der Waals surface area contributed by atoms with E-state index in [4.69, 9.17) is 4.74 Å². The number of hydrogen-bond donors (Lipinski definition) is 1. The summed E-state index contributed by atoms with van der Waals surface area (Å²) in [6.07, 6.45) is -0.676. The van der Waals surface area contributed by atoms with Gasteiger partial charge in [0.05, 0.1) is 0 Å². The van der Waals surface area contributed by atoms with Crippen LogP contribution in [0.4, 0.5) is 0 Å². The van der Waals surface area contributed by atoms with Crippen molar-refractivity contribution in [1.82, 2.24) is 5.32 Å². The molecule has 1 saturated heterocycles. The highest BCUT2D eigenvalue weighted by molar-refractivity contribution is 5.90. The number of ether oxygens (including phenoxy) is 1. The molecular formula is C11H11NO3. The van der Waals surface area contributed by atoms with Gasteiger partial charge in [-0.25, -0.2) is 0 Å². The second-order valence-electron chi connectivity index (χ2n) is 3.43. The molecule has 0 unspecified atom stereocenters. The topological polar surface area (TPSA) is 55.4 Å². The van der Waals surface area contributed by atoms with Crippen LogP contribution in [0.25, 0.3) is 0 Å². The molecule has 1 N–H and O–H groups in total. The van der Waals surface area contributed by atoms with Gasteiger partial charge < -0.3 is 10.1 Å². The van der Waals surface area contributed by atoms with Gasteiger partial charge in [0.25, 0.3) is 5.91 Å². The number of hydrogen-bond acceptors (Lipinski definition) is 3. The number of nitrogens with one attached hydrogen (secondary N) is 1. The van der Waals surface area contributed by atoms with Crippen molar-refractivity contribution >= 4 is 11.9 Å². The molecule has 1 aromatic rings. The lowest BCUT2D eigenvalue weighted by Crippen LogP contribution is -2.57. The maximum Gasteiger partial charge on any atom is 0.303 e. The van der Waals surface area contributed by atoms with Crippen LogP contribution in [0.5, 0.6) is 0 Å². The maximum absolute atomic E-state index is 11.2. The van der Waals surface area contributed by atoms with Crippen LogP contribution in [-0.4, -0.2) is 18.0 Å². The van der Waals surface area contributed by atoms with Gasteiger partial charge in [0.2, 0.25) is 6.10 Å². The van der Waals surface area contributed by atoms with Crippen LogP contribution in [0.2, 0.25) is 0 Å². The third kappa shape index (κ3) is 1.83. The molecule has 2 atom stereocenters. The Morgan fingerprint density at radius 2 is 2.00 bits per heavy atom. The van der Waals surface area contributed by atoms with Gasteiger partial charge in [-0.1, -0.05) is 30.3 Å². The zero-order valence-corrected chi connectivity index (χ0v) is 8.27. The lowest BCUT2D eigenvalue weighted by molar-refractivity contribution is -0.164. The highest BCUT2D eigenvalue weighted by Crippen LogP contribution is 2.26. The fourth-order valence-electron chi connectivity index (χ4n) is 1.59. The molecule has 0 spiro atoms. The van der Waals surface area contributed by atoms with Crippen LogP contribution in [0, 0.1) is 0 Å². The first-order chi connectivity index (χ1) is 7.18. The zero-order valence-electron chi connectivity index (χ0n) is 8.27. The summed E-state index contributed by atoms with van der Waals surface area (Å²) in [5.74, 6) is -0.671. The molecule has 0 bridgehead atoms. The Bertz CT molecular complexity index is 388. The molecule has 0 radical (unpaired) electrons. The van der Waals surface area contributed by atoms with E-state index in [0.717, 1.165) is 5.56 Å². The molecule has 1 amide bonds. The number of amides is 1. The Morgan fingerprint density at radius 3 is 2.53 bits per heavy atom. The van der Waals surface area contributed by atoms with Gasteiger partial charge in [0, 0.05) is 6.92 Å². The van der Waals surface area contributed by atoms with Crippen molar-refractivity contribution in [3.8, 4) is 0 Å². The molecule has 1 aliphatic rings. The number of carbonyl (C=O) groups excluding carboxylic acids is 2. The van der Waals surface area contributed by atoms with Crippen LogP contribution in [0.3, 0.4) is 0 Å². The Kier molecular flexibility index (Phi) is 2.41. The molecule has 0 aliphatic carbocycles. The number of benzene rings is 1. The molecule has 0 saturated carbocycles. The SMILES string of the molecule is CC(=O)O[C@@H]1C(=O)N[C@@H]1c1ccccc1. The minimum absolute atomic E-state index is 0.206. The van der Waals surface area contributed by atoms with Crippen LogP contribution in [-0.2, 0) is 14.3 Å². The van der Waals surface area contributed by atoms with Crippen molar-refractivity contribution in [2.45, 2.75) is 19.1 Å². The van der Waals surface area contributed by atoms with Crippen LogP contribution >= 0.6 is 0 Å². The Hall–Kier alpha value is -1.84. The predicted octanol–water partition coefficient (Wildman–Crippen LogP) is 0.789. The summed E-state index contributed by atoms with van der Waals surface area (Å²) in [7, 11) is 0. The first-order valence-electron chi connectivity index (χ1n) is 4.71. The molecule has 0 aromatic heterocycles. The van der Waals surface area contributed by atoms with E-state index in [1.54, 1.807) is 0 Å². The average molecular weight is 205 g/mol. The summed E-state index contributed by atoms with van der Waals surface area (Å²) in [5, 5.41) is 2.70. The second-order valence-corrected chi connectivity index (χ2v) is 3.43. The van der Waals surface area contributed by atoms with Gasteiger partial charge >= 0.3 is 5.97 Å². The monoisotopic (exact) mass is 205 g/mol. The minimum Gasteiger partial charge on any atom is -0.450 e. The molecule has 1 aliphatic heterocycles. The molecular weight excluding hydrogens is 194 g/mol. The molecule has 1 fully saturated rings. The van der Waals surface area contributed by atoms with E-state index in [1.807, 2.05) is 30.3 Å². The maximum atomic E-state index is 11.2. The van der Waals surface area contributed by atoms with Crippen LogP contribution < -0.4 is 5.32 Å². The van der Waals surface area contributed by atoms with Gasteiger partial charge in [-0.05, 0) is 5.56 Å². The van der Waals surface area contributed by atoms with E-state index in [1.165, 1.54) is 6.92 Å². The van der Waals surface area contributed by atoms with E-state index in [9.17, 15) is 9.59 Å². The largest absolute Gasteiger partial charge is 0.450 e. The van der Waals surface area contributed by atoms with E-state index in [2.05, 4.69) is 5.32 Å². The summed E-state index contributed by atoms with van der Waals surface area (Å²) >= 11 is 0. The highest BCUT2D eigenvalue weighted by atomic mass is 16.6. The third-order valence-corrected chi connectivity index (χ3v) is 2.31. The molecule has 78 valence electrons. The second kappa shape index (κ2) is 3.73. The Labute approximate surface area is 87.2 Å². The van der Waals surface area contributed by atoms with Crippen LogP contribution in [0.15, 0.2) is 30.3 Å². The summed E-state index contributed by atoms with van der Waals surface area (Å²) in [6.45, 7) is 1.30. The lowest BCUT2D eigenvalue weighted by Gasteiger charge is -2.35. The normalized spacial score (nSPS) is 23.9. The lowest BCUT2D eigenvalue weighted by atomic mass is 9.94. The number of carbonyl (C=O) groups is 2. The van der Waals surface area contributed by atoms with Crippen molar-refractivity contribution in [3.63, 3.8) is 0 Å². The number of esters is 1. The molecule has 2 rings (SSSR count). The first kappa shape index (κ1) is 9.71. The summed E-state index contributed by atoms with van der Waals surface area (Å²) in [6, 6.07) is 9.23. The first-order valence-corrected chi connectivity index (χ1v) is 4.71. The van der Waals surface area contributed by atoms with Crippen molar-refractivity contribution in [3.05, 3.63) is 35.9 Å². The summed E-state index contributed by atoms with van der Waals surface area (Å²) in [5.41, 5.74) is 0.948. The van der Waals surface area contributed by atoms with Gasteiger partial charge in [-0.3, -0.25) is 9.59 Å². The van der Waals surface area contributed by atoms with Crippen molar-refractivity contribution in [1.29, 1.82) is 0 Å². The fraction of sp³-hybridized carbons (Fsp3) is 0.273. The van der Waals surface area contributed by atoms with Gasteiger partial charge in [-0.15, -0.1) is 0 Å². The van der Waals surface area contributed by atoms with Crippen LogP contribution in [0.1, 0.15) is 18.5 Å². The zero-order chi connectivity index (χ0) is 10.8. The molecule has 4 heteroatoms. The highest BCUT2D eigenvalue weighted by Gasteiger charge is 2.42. The smallest absolute Gasteiger partial charge is 0.303 e. The number of rotatable bonds is 2. The Morgan fingerprint density at radius 1 is 1.33 bits per heavy atom. The van der Waals surface area contributed by atoms with Crippen molar-refractivity contribution in [2.75, 3.05) is 0 Å². The third-order valence-electron chi connectivity index (χ3n) is 2.31. The van der Waals surface area contributed by atoms with E-state index in [-0.39, 0.29) is 11.9 Å². The van der Waals surface area contributed by atoms with Crippen molar-refractivity contribution < 1.29 is 14.3 Å². The van der Waals surface area contributed by atoms with E-state index < -0.39 is 12.1 Å². The van der Waals surface area contributed by atoms with E-state index in [0.29, 0.717) is 0 Å². The summed E-state index contributed by atoms with van der Waals surface area (Å²) in [4.78, 5) is 21.9. The minimum atomic E-state index is -0.676.